The average Bonchev–Trinajstić information content (AvgIpc) is 2.78. The van der Waals surface area contributed by atoms with Crippen LogP contribution in [-0.4, -0.2) is 51.4 Å². The number of primary amides is 1. The minimum atomic E-state index is -4.05. The lowest BCUT2D eigenvalue weighted by Crippen LogP contribution is -2.52. The number of ether oxygens (including phenoxy) is 1. The third kappa shape index (κ3) is 5.66. The Kier molecular flexibility index (Phi) is 7.52. The number of methoxy groups -OCH3 is 1. The fourth-order valence-electron chi connectivity index (χ4n) is 3.88. The summed E-state index contributed by atoms with van der Waals surface area (Å²) >= 11 is 0. The lowest BCUT2D eigenvalue weighted by atomic mass is 9.95. The largest absolute Gasteiger partial charge is 0.495 e. The molecule has 172 valence electrons. The first-order chi connectivity index (χ1) is 15.2. The fourth-order valence-corrected chi connectivity index (χ4v) is 5.32. The van der Waals surface area contributed by atoms with Gasteiger partial charge in [0.05, 0.1) is 7.11 Å². The molecule has 0 aromatic heterocycles. The predicted octanol–water partition coefficient (Wildman–Crippen LogP) is 1.62. The number of amides is 2. The summed E-state index contributed by atoms with van der Waals surface area (Å²) in [5.74, 6) is -0.756. The lowest BCUT2D eigenvalue weighted by Gasteiger charge is -2.33. The molecular formula is C23H29N3O5S. The molecule has 0 bridgehead atoms. The van der Waals surface area contributed by atoms with Gasteiger partial charge in [0.1, 0.15) is 16.7 Å². The zero-order chi connectivity index (χ0) is 23.3. The van der Waals surface area contributed by atoms with Crippen molar-refractivity contribution >= 4 is 21.8 Å². The van der Waals surface area contributed by atoms with Gasteiger partial charge >= 0.3 is 0 Å². The van der Waals surface area contributed by atoms with Gasteiger partial charge in [-0.3, -0.25) is 9.59 Å². The van der Waals surface area contributed by atoms with Crippen molar-refractivity contribution in [1.82, 2.24) is 9.62 Å². The Balaban J connectivity index is 1.87. The number of hydrogen-bond donors (Lipinski definition) is 2. The van der Waals surface area contributed by atoms with E-state index >= 15 is 0 Å². The molecule has 0 unspecified atom stereocenters. The van der Waals surface area contributed by atoms with Gasteiger partial charge in [-0.2, -0.15) is 4.72 Å². The molecule has 0 aliphatic carbocycles. The summed E-state index contributed by atoms with van der Waals surface area (Å²) < 4.78 is 34.4. The van der Waals surface area contributed by atoms with Crippen LogP contribution in [0.4, 0.5) is 0 Å². The topological polar surface area (TPSA) is 119 Å². The number of nitrogens with one attached hydrogen (secondary N) is 1. The molecule has 2 aromatic rings. The number of carbonyl (C=O) groups is 2. The first-order valence-corrected chi connectivity index (χ1v) is 12.0. The van der Waals surface area contributed by atoms with Gasteiger partial charge in [0, 0.05) is 19.0 Å². The molecule has 3 N–H and O–H groups in total. The normalized spacial score (nSPS) is 15.9. The van der Waals surface area contributed by atoms with Crippen molar-refractivity contribution in [2.24, 2.45) is 11.7 Å². The minimum absolute atomic E-state index is 0.0155. The average molecular weight is 460 g/mol. The molecule has 0 spiro atoms. The van der Waals surface area contributed by atoms with Crippen LogP contribution in [-0.2, 0) is 26.0 Å². The molecule has 1 aliphatic heterocycles. The molecule has 1 heterocycles. The molecule has 9 heteroatoms. The second-order valence-corrected chi connectivity index (χ2v) is 9.70. The van der Waals surface area contributed by atoms with Gasteiger partial charge in [-0.05, 0) is 49.4 Å². The fraction of sp³-hybridized carbons (Fsp3) is 0.391. The van der Waals surface area contributed by atoms with Crippen molar-refractivity contribution in [2.75, 3.05) is 20.2 Å². The molecule has 32 heavy (non-hydrogen) atoms. The highest BCUT2D eigenvalue weighted by atomic mass is 32.2. The highest BCUT2D eigenvalue weighted by molar-refractivity contribution is 7.89. The number of likely N-dealkylation sites (tertiary alicyclic amines) is 1. The summed E-state index contributed by atoms with van der Waals surface area (Å²) in [6.45, 7) is 2.49. The first-order valence-electron chi connectivity index (χ1n) is 10.5. The number of piperidine rings is 1. The zero-order valence-corrected chi connectivity index (χ0v) is 19.1. The van der Waals surface area contributed by atoms with Crippen molar-refractivity contribution < 1.29 is 22.7 Å². The van der Waals surface area contributed by atoms with E-state index in [-0.39, 0.29) is 34.8 Å². The van der Waals surface area contributed by atoms with Crippen LogP contribution >= 0.6 is 0 Å². The standard InChI is InChI=1S/C23H29N3O5S/c1-16-8-9-20(31-2)21(14-16)32(29,30)25-19(15-17-6-4-3-5-7-17)23(28)26-12-10-18(11-13-26)22(24)27/h3-9,14,18-19,25H,10-13,15H2,1-2H3,(H2,24,27)/t19-/m1/s1. The molecule has 2 aromatic carbocycles. The van der Waals surface area contributed by atoms with Gasteiger partial charge in [0.15, 0.2) is 0 Å². The van der Waals surface area contributed by atoms with Crippen molar-refractivity contribution in [2.45, 2.75) is 37.1 Å². The Hall–Kier alpha value is -2.91. The number of sulfonamides is 1. The van der Waals surface area contributed by atoms with Crippen molar-refractivity contribution in [1.29, 1.82) is 0 Å². The van der Waals surface area contributed by atoms with Gasteiger partial charge in [0.2, 0.25) is 21.8 Å². The lowest BCUT2D eigenvalue weighted by molar-refractivity contribution is -0.136. The van der Waals surface area contributed by atoms with E-state index in [1.807, 2.05) is 30.3 Å². The molecule has 1 aliphatic rings. The molecular weight excluding hydrogens is 430 g/mol. The number of nitrogens with zero attached hydrogens (tertiary/aromatic N) is 1. The first kappa shape index (κ1) is 23.7. The zero-order valence-electron chi connectivity index (χ0n) is 18.3. The summed E-state index contributed by atoms with van der Waals surface area (Å²) in [6.07, 6.45) is 1.14. The van der Waals surface area contributed by atoms with Gasteiger partial charge < -0.3 is 15.4 Å². The molecule has 3 rings (SSSR count). The van der Waals surface area contributed by atoms with Crippen molar-refractivity contribution in [3.63, 3.8) is 0 Å². The molecule has 1 atom stereocenters. The molecule has 0 saturated carbocycles. The molecule has 8 nitrogen and oxygen atoms in total. The molecule has 1 saturated heterocycles. The van der Waals surface area contributed by atoms with Crippen molar-refractivity contribution in [3.05, 3.63) is 59.7 Å². The third-order valence-corrected chi connectivity index (χ3v) is 7.19. The summed E-state index contributed by atoms with van der Waals surface area (Å²) in [4.78, 5) is 26.4. The Morgan fingerprint density at radius 3 is 2.41 bits per heavy atom. The van der Waals surface area contributed by atoms with Gasteiger partial charge in [-0.15, -0.1) is 0 Å². The van der Waals surface area contributed by atoms with E-state index in [1.54, 1.807) is 24.0 Å². The number of carbonyl (C=O) groups excluding carboxylic acids is 2. The van der Waals surface area contributed by atoms with Crippen LogP contribution in [0.2, 0.25) is 0 Å². The SMILES string of the molecule is COc1ccc(C)cc1S(=O)(=O)N[C@H](Cc1ccccc1)C(=O)N1CCC(C(N)=O)CC1. The van der Waals surface area contributed by atoms with Gasteiger partial charge in [-0.1, -0.05) is 36.4 Å². The van der Waals surface area contributed by atoms with E-state index in [4.69, 9.17) is 10.5 Å². The Morgan fingerprint density at radius 2 is 1.81 bits per heavy atom. The van der Waals surface area contributed by atoms with Crippen LogP contribution in [0, 0.1) is 12.8 Å². The number of nitrogens with two attached hydrogens (primary N) is 1. The third-order valence-electron chi connectivity index (χ3n) is 5.70. The van der Waals surface area contributed by atoms with E-state index in [0.29, 0.717) is 25.9 Å². The van der Waals surface area contributed by atoms with Crippen LogP contribution < -0.4 is 15.2 Å². The highest BCUT2D eigenvalue weighted by Gasteiger charge is 2.33. The monoisotopic (exact) mass is 459 g/mol. The Bertz CT molecular complexity index is 1060. The minimum Gasteiger partial charge on any atom is -0.495 e. The van der Waals surface area contributed by atoms with E-state index in [1.165, 1.54) is 13.2 Å². The van der Waals surface area contributed by atoms with Crippen LogP contribution in [0.1, 0.15) is 24.0 Å². The van der Waals surface area contributed by atoms with Crippen LogP contribution in [0.15, 0.2) is 53.4 Å². The Labute approximate surface area is 188 Å². The maximum absolute atomic E-state index is 13.4. The van der Waals surface area contributed by atoms with Gasteiger partial charge in [-0.25, -0.2) is 8.42 Å². The second-order valence-electron chi connectivity index (χ2n) is 8.02. The van der Waals surface area contributed by atoms with E-state index < -0.39 is 16.1 Å². The Morgan fingerprint density at radius 1 is 1.16 bits per heavy atom. The van der Waals surface area contributed by atoms with E-state index in [2.05, 4.69) is 4.72 Å². The molecule has 2 amide bonds. The van der Waals surface area contributed by atoms with Crippen molar-refractivity contribution in [3.8, 4) is 5.75 Å². The number of rotatable bonds is 8. The molecule has 0 radical (unpaired) electrons. The smallest absolute Gasteiger partial charge is 0.244 e. The number of aryl methyl sites for hydroxylation is 1. The van der Waals surface area contributed by atoms with E-state index in [0.717, 1.165) is 11.1 Å². The highest BCUT2D eigenvalue weighted by Crippen LogP contribution is 2.26. The summed E-state index contributed by atoms with van der Waals surface area (Å²) in [5, 5.41) is 0. The summed E-state index contributed by atoms with van der Waals surface area (Å²) in [5.41, 5.74) is 6.98. The second kappa shape index (κ2) is 10.1. The predicted molar refractivity (Wildman–Crippen MR) is 120 cm³/mol. The number of hydrogen-bond acceptors (Lipinski definition) is 5. The summed E-state index contributed by atoms with van der Waals surface area (Å²) in [6, 6.07) is 13.1. The van der Waals surface area contributed by atoms with Crippen LogP contribution in [0.3, 0.4) is 0 Å². The van der Waals surface area contributed by atoms with Crippen LogP contribution in [0.5, 0.6) is 5.75 Å². The van der Waals surface area contributed by atoms with E-state index in [9.17, 15) is 18.0 Å². The maximum atomic E-state index is 13.4. The summed E-state index contributed by atoms with van der Waals surface area (Å²) in [7, 11) is -2.65. The van der Waals surface area contributed by atoms with Gasteiger partial charge in [0.25, 0.3) is 0 Å². The van der Waals surface area contributed by atoms with Crippen LogP contribution in [0.25, 0.3) is 0 Å². The molecule has 1 fully saturated rings. The quantitative estimate of drug-likeness (QED) is 0.622. The number of benzene rings is 2. The maximum Gasteiger partial charge on any atom is 0.244 e.